The number of aliphatic hydroxyl groups excluding tert-OH is 1. The molecule has 4 atom stereocenters. The molecule has 9 nitrogen and oxygen atoms in total. The lowest BCUT2D eigenvalue weighted by Gasteiger charge is -2.39. The quantitative estimate of drug-likeness (QED) is 0.186. The van der Waals surface area contributed by atoms with Crippen LogP contribution in [-0.2, 0) is 26.5 Å². The van der Waals surface area contributed by atoms with Crippen LogP contribution >= 0.6 is 15.9 Å². The Morgan fingerprint density at radius 3 is 2.30 bits per heavy atom. The van der Waals surface area contributed by atoms with Crippen molar-refractivity contribution < 1.29 is 24.2 Å². The molecular formula is C43H49BrN4O5Si. The third kappa shape index (κ3) is 5.82. The lowest BCUT2D eigenvalue weighted by atomic mass is 9.82. The molecule has 0 unspecified atom stereocenters. The Balaban J connectivity index is 1.09. The van der Waals surface area contributed by atoms with Crippen molar-refractivity contribution in [3.8, 4) is 5.75 Å². The second kappa shape index (κ2) is 14.3. The zero-order chi connectivity index (χ0) is 37.8. The van der Waals surface area contributed by atoms with Crippen LogP contribution in [0.1, 0.15) is 37.3 Å². The number of para-hydroxylation sites is 1. The third-order valence-electron chi connectivity index (χ3n) is 12.7. The van der Waals surface area contributed by atoms with Gasteiger partial charge < -0.3 is 29.7 Å². The van der Waals surface area contributed by atoms with Gasteiger partial charge in [-0.05, 0) is 98.1 Å². The van der Waals surface area contributed by atoms with E-state index in [1.165, 1.54) is 5.19 Å². The first-order chi connectivity index (χ1) is 26.0. The molecule has 0 radical (unpaired) electrons. The van der Waals surface area contributed by atoms with Gasteiger partial charge in [0.15, 0.2) is 5.60 Å². The van der Waals surface area contributed by atoms with E-state index in [0.717, 1.165) is 64.3 Å². The number of carbonyl (C=O) groups is 2. The molecule has 4 aliphatic heterocycles. The Bertz CT molecular complexity index is 2020. The standard InChI is InChI=1S/C43H49BrN4O5Si/c1-29-39(54(3,4)35-17-15-34(52-2)16-18-35)38(20-25-49)53-43(29)36-26-31(44)12-19-37(36)46(41(43)51)27-30-10-13-32(14-11-30)47-28-48(33-8-6-5-7-9-33)42(40(47)50)21-23-45-24-22-42/h5-19,26,29,38-39,45,49H,20-25,27-28H2,1-4H3/t29-,38+,39-,43+/m1/s1. The molecule has 2 amide bonds. The normalized spacial score (nSPS) is 24.9. The predicted molar refractivity (Wildman–Crippen MR) is 219 cm³/mol. The van der Waals surface area contributed by atoms with Gasteiger partial charge in [0.1, 0.15) is 11.3 Å². The topological polar surface area (TPSA) is 94.6 Å². The van der Waals surface area contributed by atoms with Gasteiger partial charge in [-0.15, -0.1) is 0 Å². The number of anilines is 3. The number of aliphatic hydroxyl groups is 1. The van der Waals surface area contributed by atoms with Gasteiger partial charge in [0, 0.05) is 33.9 Å². The molecule has 2 N–H and O–H groups in total. The Labute approximate surface area is 327 Å². The third-order valence-corrected chi connectivity index (χ3v) is 17.6. The van der Waals surface area contributed by atoms with Gasteiger partial charge in [-0.1, -0.05) is 83.6 Å². The Morgan fingerprint density at radius 2 is 1.63 bits per heavy atom. The molecule has 4 heterocycles. The number of nitrogens with one attached hydrogen (secondary N) is 1. The summed E-state index contributed by atoms with van der Waals surface area (Å²) in [7, 11) is -0.608. The highest BCUT2D eigenvalue weighted by atomic mass is 79.9. The van der Waals surface area contributed by atoms with Gasteiger partial charge in [-0.25, -0.2) is 0 Å². The number of amides is 2. The number of methoxy groups -OCH3 is 1. The number of fused-ring (bicyclic) bond motifs is 2. The summed E-state index contributed by atoms with van der Waals surface area (Å²) in [5.74, 6) is 0.722. The van der Waals surface area contributed by atoms with E-state index < -0.39 is 19.2 Å². The van der Waals surface area contributed by atoms with E-state index in [9.17, 15) is 9.90 Å². The second-order valence-corrected chi connectivity index (χ2v) is 21.4. The maximum Gasteiger partial charge on any atom is 0.264 e. The number of piperidine rings is 1. The van der Waals surface area contributed by atoms with E-state index in [1.54, 1.807) is 7.11 Å². The summed E-state index contributed by atoms with van der Waals surface area (Å²) in [6.45, 7) is 9.29. The van der Waals surface area contributed by atoms with E-state index in [0.29, 0.717) is 19.6 Å². The van der Waals surface area contributed by atoms with Gasteiger partial charge in [0.05, 0.1) is 40.2 Å². The molecule has 4 aromatic carbocycles. The summed E-state index contributed by atoms with van der Waals surface area (Å²) in [4.78, 5) is 35.4. The van der Waals surface area contributed by atoms with Crippen LogP contribution in [0.15, 0.2) is 102 Å². The Hall–Kier alpha value is -4.00. The van der Waals surface area contributed by atoms with Crippen molar-refractivity contribution in [1.82, 2.24) is 5.32 Å². The molecule has 54 heavy (non-hydrogen) atoms. The van der Waals surface area contributed by atoms with Crippen molar-refractivity contribution >= 4 is 58.1 Å². The van der Waals surface area contributed by atoms with Crippen molar-refractivity contribution in [2.24, 2.45) is 5.92 Å². The number of nitrogens with zero attached hydrogens (tertiary/aromatic N) is 3. The first kappa shape index (κ1) is 36.9. The summed E-state index contributed by atoms with van der Waals surface area (Å²) < 4.78 is 13.4. The van der Waals surface area contributed by atoms with E-state index in [1.807, 2.05) is 82.6 Å². The minimum atomic E-state index is -2.28. The number of benzene rings is 4. The highest BCUT2D eigenvalue weighted by Gasteiger charge is 2.66. The number of rotatable bonds is 9. The van der Waals surface area contributed by atoms with Crippen LogP contribution in [0.4, 0.5) is 17.1 Å². The van der Waals surface area contributed by atoms with Crippen LogP contribution in [0, 0.1) is 5.92 Å². The van der Waals surface area contributed by atoms with Gasteiger partial charge in [0.2, 0.25) is 0 Å². The Morgan fingerprint density at radius 1 is 0.926 bits per heavy atom. The zero-order valence-corrected chi connectivity index (χ0v) is 34.0. The van der Waals surface area contributed by atoms with Crippen molar-refractivity contribution in [1.29, 1.82) is 0 Å². The minimum Gasteiger partial charge on any atom is -0.497 e. The summed E-state index contributed by atoms with van der Waals surface area (Å²) in [5, 5.41) is 15.0. The summed E-state index contributed by atoms with van der Waals surface area (Å²) in [6.07, 6.45) is 1.67. The van der Waals surface area contributed by atoms with Crippen LogP contribution in [0.3, 0.4) is 0 Å². The SMILES string of the molecule is COc1ccc([Si](C)(C)[C@H]2[C@H](CCO)O[C@@]3(C(=O)N(Cc4ccc(N5CN(c6ccccc6)C6(CCNCC6)C5=O)cc4)c4ccc(Br)cc43)[C@@H]2C)cc1. The number of carbonyl (C=O) groups excluding carboxylic acids is 2. The highest BCUT2D eigenvalue weighted by molar-refractivity contribution is 9.10. The Kier molecular flexibility index (Phi) is 9.75. The van der Waals surface area contributed by atoms with Crippen LogP contribution in [-0.4, -0.2) is 70.1 Å². The van der Waals surface area contributed by atoms with E-state index in [-0.39, 0.29) is 36.0 Å². The summed E-state index contributed by atoms with van der Waals surface area (Å²) in [5.41, 5.74) is 2.87. The zero-order valence-electron chi connectivity index (χ0n) is 31.4. The van der Waals surface area contributed by atoms with Gasteiger partial charge >= 0.3 is 0 Å². The average Bonchev–Trinajstić information content (AvgIpc) is 3.73. The molecule has 3 fully saturated rings. The monoisotopic (exact) mass is 808 g/mol. The molecule has 3 saturated heterocycles. The summed E-state index contributed by atoms with van der Waals surface area (Å²) in [6, 6.07) is 32.7. The molecule has 4 aromatic rings. The fourth-order valence-electron chi connectivity index (χ4n) is 9.97. The minimum absolute atomic E-state index is 0.0205. The maximum atomic E-state index is 15.1. The number of ether oxygens (including phenoxy) is 2. The van der Waals surface area contributed by atoms with Crippen LogP contribution < -0.4 is 29.9 Å². The molecule has 0 saturated carbocycles. The molecule has 0 bridgehead atoms. The lowest BCUT2D eigenvalue weighted by molar-refractivity contribution is -0.146. The number of halogens is 1. The molecule has 0 aliphatic carbocycles. The second-order valence-electron chi connectivity index (χ2n) is 15.8. The van der Waals surface area contributed by atoms with Crippen LogP contribution in [0.5, 0.6) is 5.75 Å². The fourth-order valence-corrected chi connectivity index (χ4v) is 14.4. The van der Waals surface area contributed by atoms with Crippen molar-refractivity contribution in [3.63, 3.8) is 0 Å². The van der Waals surface area contributed by atoms with Crippen LogP contribution in [0.25, 0.3) is 0 Å². The maximum absolute atomic E-state index is 15.1. The molecule has 8 rings (SSSR count). The average molecular weight is 810 g/mol. The van der Waals surface area contributed by atoms with Crippen molar-refractivity contribution in [2.75, 3.05) is 48.2 Å². The summed E-state index contributed by atoms with van der Waals surface area (Å²) >= 11 is 3.70. The number of hydrogen-bond donors (Lipinski definition) is 2. The molecule has 4 aliphatic rings. The van der Waals surface area contributed by atoms with Gasteiger partial charge in [0.25, 0.3) is 11.8 Å². The molecule has 282 valence electrons. The molecular weight excluding hydrogens is 760 g/mol. The lowest BCUT2D eigenvalue weighted by Crippen LogP contribution is -2.55. The number of hydrogen-bond acceptors (Lipinski definition) is 7. The first-order valence-electron chi connectivity index (χ1n) is 19.0. The smallest absolute Gasteiger partial charge is 0.264 e. The van der Waals surface area contributed by atoms with Crippen molar-refractivity contribution in [2.45, 2.75) is 68.6 Å². The van der Waals surface area contributed by atoms with E-state index in [4.69, 9.17) is 9.47 Å². The van der Waals surface area contributed by atoms with E-state index >= 15 is 4.79 Å². The van der Waals surface area contributed by atoms with Crippen LogP contribution in [0.2, 0.25) is 18.6 Å². The molecule has 2 spiro atoms. The predicted octanol–water partition coefficient (Wildman–Crippen LogP) is 6.54. The first-order valence-corrected chi connectivity index (χ1v) is 22.9. The highest BCUT2D eigenvalue weighted by Crippen LogP contribution is 2.60. The van der Waals surface area contributed by atoms with E-state index in [2.05, 4.69) is 70.4 Å². The molecule has 0 aromatic heterocycles. The largest absolute Gasteiger partial charge is 0.497 e. The van der Waals surface area contributed by atoms with Gasteiger partial charge in [-0.3, -0.25) is 14.5 Å². The molecule has 11 heteroatoms. The van der Waals surface area contributed by atoms with Crippen molar-refractivity contribution in [3.05, 3.63) is 113 Å². The van der Waals surface area contributed by atoms with Gasteiger partial charge in [-0.2, -0.15) is 0 Å². The fraction of sp³-hybridized carbons (Fsp3) is 0.395.